The number of amides is 1. The van der Waals surface area contributed by atoms with Crippen molar-refractivity contribution in [2.24, 2.45) is 0 Å². The van der Waals surface area contributed by atoms with Crippen LogP contribution in [0.2, 0.25) is 0 Å². The number of aromatic carboxylic acids is 1. The molecule has 1 saturated carbocycles. The number of rotatable bonds is 6. The lowest BCUT2D eigenvalue weighted by Gasteiger charge is -2.28. The number of hydrogen-bond donors (Lipinski definition) is 1. The Morgan fingerprint density at radius 3 is 2.54 bits per heavy atom. The van der Waals surface area contributed by atoms with Gasteiger partial charge in [-0.1, -0.05) is 31.0 Å². The van der Waals surface area contributed by atoms with Gasteiger partial charge in [-0.15, -0.1) is 0 Å². The molecule has 0 aliphatic heterocycles. The van der Waals surface area contributed by atoms with Crippen LogP contribution >= 0.6 is 0 Å². The molecule has 5 heteroatoms. The fourth-order valence-corrected chi connectivity index (χ4v) is 3.35. The molecule has 0 bridgehead atoms. The second kappa shape index (κ2) is 7.34. The van der Waals surface area contributed by atoms with Gasteiger partial charge in [0.2, 0.25) is 5.91 Å². The predicted octanol–water partition coefficient (Wildman–Crippen LogP) is 3.49. The Morgan fingerprint density at radius 2 is 1.88 bits per heavy atom. The van der Waals surface area contributed by atoms with E-state index >= 15 is 0 Å². The Labute approximate surface area is 140 Å². The molecule has 1 aromatic carbocycles. The van der Waals surface area contributed by atoms with Crippen LogP contribution in [0.5, 0.6) is 0 Å². The van der Waals surface area contributed by atoms with E-state index < -0.39 is 5.97 Å². The first-order valence-electron chi connectivity index (χ1n) is 8.28. The molecule has 1 aliphatic carbocycles. The van der Waals surface area contributed by atoms with Crippen LogP contribution in [0.4, 0.5) is 0 Å². The first-order valence-corrected chi connectivity index (χ1v) is 8.28. The van der Waals surface area contributed by atoms with Gasteiger partial charge >= 0.3 is 5.97 Å². The molecule has 1 heterocycles. The summed E-state index contributed by atoms with van der Waals surface area (Å²) in [6, 6.07) is 10.6. The average Bonchev–Trinajstić information content (AvgIpc) is 3.26. The van der Waals surface area contributed by atoms with Crippen LogP contribution in [-0.4, -0.2) is 27.9 Å². The van der Waals surface area contributed by atoms with Gasteiger partial charge in [0.25, 0.3) is 0 Å². The van der Waals surface area contributed by atoms with Crippen LogP contribution in [-0.2, 0) is 17.8 Å². The predicted molar refractivity (Wildman–Crippen MR) is 88.6 cm³/mol. The molecule has 2 aromatic rings. The molecular formula is C19H21NO4. The van der Waals surface area contributed by atoms with Crippen molar-refractivity contribution in [3.63, 3.8) is 0 Å². The number of hydrogen-bond acceptors (Lipinski definition) is 3. The highest BCUT2D eigenvalue weighted by Gasteiger charge is 2.28. The summed E-state index contributed by atoms with van der Waals surface area (Å²) in [5.41, 5.74) is 0.743. The summed E-state index contributed by atoms with van der Waals surface area (Å²) in [7, 11) is 0. The van der Waals surface area contributed by atoms with E-state index in [-0.39, 0.29) is 23.9 Å². The van der Waals surface area contributed by atoms with E-state index in [1.54, 1.807) is 24.5 Å². The minimum atomic E-state index is -1.00. The molecule has 24 heavy (non-hydrogen) atoms. The van der Waals surface area contributed by atoms with Crippen LogP contribution in [0.1, 0.15) is 47.4 Å². The summed E-state index contributed by atoms with van der Waals surface area (Å²) < 4.78 is 5.40. The van der Waals surface area contributed by atoms with Gasteiger partial charge in [-0.05, 0) is 36.6 Å². The Balaban J connectivity index is 1.79. The molecule has 0 radical (unpaired) electrons. The number of carboxylic acids is 1. The van der Waals surface area contributed by atoms with Crippen molar-refractivity contribution in [1.29, 1.82) is 0 Å². The van der Waals surface area contributed by atoms with Gasteiger partial charge in [0.05, 0.1) is 24.8 Å². The molecule has 1 aliphatic rings. The van der Waals surface area contributed by atoms with Crippen LogP contribution in [0.25, 0.3) is 0 Å². The smallest absolute Gasteiger partial charge is 0.335 e. The lowest BCUT2D eigenvalue weighted by molar-refractivity contribution is -0.133. The molecule has 1 fully saturated rings. The second-order valence-corrected chi connectivity index (χ2v) is 6.18. The normalized spacial score (nSPS) is 14.7. The maximum atomic E-state index is 12.9. The number of furan rings is 1. The molecule has 5 nitrogen and oxygen atoms in total. The SMILES string of the molecule is O=C(O)c1ccccc1CC(=O)N(Cc1ccco1)C1CCCC1. The number of carbonyl (C=O) groups is 2. The van der Waals surface area contributed by atoms with E-state index in [1.165, 1.54) is 6.07 Å². The summed E-state index contributed by atoms with van der Waals surface area (Å²) in [5, 5.41) is 9.30. The third-order valence-electron chi connectivity index (χ3n) is 4.58. The van der Waals surface area contributed by atoms with Crippen LogP contribution in [0.15, 0.2) is 47.1 Å². The summed E-state index contributed by atoms with van der Waals surface area (Å²) in [5.74, 6) is -0.300. The topological polar surface area (TPSA) is 70.8 Å². The summed E-state index contributed by atoms with van der Waals surface area (Å²) in [6.45, 7) is 0.436. The van der Waals surface area contributed by atoms with Crippen molar-refractivity contribution in [1.82, 2.24) is 4.90 Å². The molecule has 0 unspecified atom stereocenters. The molecule has 1 aromatic heterocycles. The van der Waals surface area contributed by atoms with E-state index in [9.17, 15) is 14.7 Å². The number of benzene rings is 1. The van der Waals surface area contributed by atoms with Gasteiger partial charge in [-0.3, -0.25) is 4.79 Å². The van der Waals surface area contributed by atoms with E-state index in [4.69, 9.17) is 4.42 Å². The lowest BCUT2D eigenvalue weighted by atomic mass is 10.0. The number of carbonyl (C=O) groups excluding carboxylic acids is 1. The Kier molecular flexibility index (Phi) is 4.99. The zero-order chi connectivity index (χ0) is 16.9. The summed E-state index contributed by atoms with van der Waals surface area (Å²) in [6.07, 6.45) is 5.93. The van der Waals surface area contributed by atoms with E-state index in [1.807, 2.05) is 17.0 Å². The highest BCUT2D eigenvalue weighted by Crippen LogP contribution is 2.26. The third-order valence-corrected chi connectivity index (χ3v) is 4.58. The molecule has 1 amide bonds. The van der Waals surface area contributed by atoms with Crippen molar-refractivity contribution in [2.45, 2.75) is 44.7 Å². The maximum Gasteiger partial charge on any atom is 0.335 e. The van der Waals surface area contributed by atoms with Crippen molar-refractivity contribution in [3.8, 4) is 0 Å². The van der Waals surface area contributed by atoms with Crippen molar-refractivity contribution < 1.29 is 19.1 Å². The van der Waals surface area contributed by atoms with Crippen LogP contribution in [0.3, 0.4) is 0 Å². The van der Waals surface area contributed by atoms with Crippen molar-refractivity contribution >= 4 is 11.9 Å². The van der Waals surface area contributed by atoms with E-state index in [0.29, 0.717) is 12.1 Å². The largest absolute Gasteiger partial charge is 0.478 e. The zero-order valence-electron chi connectivity index (χ0n) is 13.5. The van der Waals surface area contributed by atoms with Gasteiger partial charge in [0.1, 0.15) is 5.76 Å². The molecule has 0 spiro atoms. The number of nitrogens with zero attached hydrogens (tertiary/aromatic N) is 1. The summed E-state index contributed by atoms with van der Waals surface area (Å²) in [4.78, 5) is 26.1. The van der Waals surface area contributed by atoms with Gasteiger partial charge in [-0.25, -0.2) is 4.79 Å². The fraction of sp³-hybridized carbons (Fsp3) is 0.368. The van der Waals surface area contributed by atoms with Crippen molar-refractivity contribution in [2.75, 3.05) is 0 Å². The Morgan fingerprint density at radius 1 is 1.12 bits per heavy atom. The lowest BCUT2D eigenvalue weighted by Crippen LogP contribution is -2.39. The summed E-state index contributed by atoms with van der Waals surface area (Å²) >= 11 is 0. The maximum absolute atomic E-state index is 12.9. The first-order chi connectivity index (χ1) is 11.6. The molecule has 0 atom stereocenters. The molecule has 3 rings (SSSR count). The van der Waals surface area contributed by atoms with Crippen LogP contribution < -0.4 is 0 Å². The average molecular weight is 327 g/mol. The minimum Gasteiger partial charge on any atom is -0.478 e. The molecular weight excluding hydrogens is 306 g/mol. The fourth-order valence-electron chi connectivity index (χ4n) is 3.35. The highest BCUT2D eigenvalue weighted by molar-refractivity contribution is 5.91. The van der Waals surface area contributed by atoms with Crippen LogP contribution in [0, 0.1) is 0 Å². The third kappa shape index (κ3) is 3.67. The van der Waals surface area contributed by atoms with Gasteiger partial charge in [0.15, 0.2) is 0 Å². The quantitative estimate of drug-likeness (QED) is 0.881. The second-order valence-electron chi connectivity index (χ2n) is 6.18. The minimum absolute atomic E-state index is 0.0491. The van der Waals surface area contributed by atoms with Gasteiger partial charge < -0.3 is 14.4 Å². The zero-order valence-corrected chi connectivity index (χ0v) is 13.5. The van der Waals surface area contributed by atoms with Gasteiger partial charge in [-0.2, -0.15) is 0 Å². The van der Waals surface area contributed by atoms with Gasteiger partial charge in [0, 0.05) is 6.04 Å². The first kappa shape index (κ1) is 16.3. The van der Waals surface area contributed by atoms with E-state index in [2.05, 4.69) is 0 Å². The molecule has 0 saturated heterocycles. The Hall–Kier alpha value is -2.56. The molecule has 1 N–H and O–H groups in total. The highest BCUT2D eigenvalue weighted by atomic mass is 16.4. The Bertz CT molecular complexity index is 702. The standard InChI is InChI=1S/C19H21NO4/c21-18(12-14-6-1-4-10-17(14)19(22)23)20(15-7-2-3-8-15)13-16-9-5-11-24-16/h1,4-6,9-11,15H,2-3,7-8,12-13H2,(H,22,23). The molecule has 126 valence electrons. The monoisotopic (exact) mass is 327 g/mol. The van der Waals surface area contributed by atoms with E-state index in [0.717, 1.165) is 31.4 Å². The number of carboxylic acid groups (broad SMARTS) is 1. The van der Waals surface area contributed by atoms with Crippen molar-refractivity contribution in [3.05, 3.63) is 59.5 Å².